The zero-order valence-electron chi connectivity index (χ0n) is 12.2. The van der Waals surface area contributed by atoms with Crippen molar-refractivity contribution in [3.05, 3.63) is 35.2 Å². The molecule has 0 spiro atoms. The molecule has 0 unspecified atom stereocenters. The molecule has 0 atom stereocenters. The second kappa shape index (κ2) is 7.51. The molecule has 1 aromatic carbocycles. The number of aromatic nitrogens is 1. The Morgan fingerprint density at radius 1 is 1.43 bits per heavy atom. The highest BCUT2D eigenvalue weighted by Gasteiger charge is 2.23. The van der Waals surface area contributed by atoms with E-state index in [2.05, 4.69) is 28.7 Å². The van der Waals surface area contributed by atoms with Gasteiger partial charge in [0.25, 0.3) is 5.52 Å². The topological polar surface area (TPSA) is 29.5 Å². The Balaban J connectivity index is 0.00000161. The summed E-state index contributed by atoms with van der Waals surface area (Å²) in [5.41, 5.74) is 2.03. The molecule has 1 aliphatic rings. The Morgan fingerprint density at radius 2 is 2.24 bits per heavy atom. The van der Waals surface area contributed by atoms with Crippen LogP contribution in [-0.2, 0) is 11.3 Å². The summed E-state index contributed by atoms with van der Waals surface area (Å²) in [5.74, 6) is 2.03. The second-order valence-corrected chi connectivity index (χ2v) is 5.92. The van der Waals surface area contributed by atoms with Crippen LogP contribution < -0.4 is 28.5 Å². The van der Waals surface area contributed by atoms with Crippen LogP contribution >= 0.6 is 11.8 Å². The Kier molecular flexibility index (Phi) is 5.95. The van der Waals surface area contributed by atoms with Crippen LogP contribution in [0, 0.1) is 0 Å². The molecule has 6 heteroatoms. The summed E-state index contributed by atoms with van der Waals surface area (Å²) in [6.45, 7) is 2.56. The van der Waals surface area contributed by atoms with E-state index in [1.807, 2.05) is 30.0 Å². The first-order chi connectivity index (χ1) is 9.79. The molecule has 1 aliphatic heterocycles. The summed E-state index contributed by atoms with van der Waals surface area (Å²) in [6.07, 6.45) is 2.13. The molecule has 0 N–H and O–H groups in total. The van der Waals surface area contributed by atoms with Gasteiger partial charge in [-0.3, -0.25) is 0 Å². The van der Waals surface area contributed by atoms with E-state index >= 15 is 0 Å². The molecular formula is C15H19IN2O2S. The van der Waals surface area contributed by atoms with Crippen molar-refractivity contribution in [2.24, 2.45) is 0 Å². The van der Waals surface area contributed by atoms with Crippen molar-refractivity contribution >= 4 is 28.9 Å². The fourth-order valence-corrected chi connectivity index (χ4v) is 3.41. The van der Waals surface area contributed by atoms with Gasteiger partial charge in [0.05, 0.1) is 11.1 Å². The molecule has 0 amide bonds. The van der Waals surface area contributed by atoms with Gasteiger partial charge in [0.2, 0.25) is 5.58 Å². The number of ether oxygens (including phenoxy) is 1. The number of nitrogens with zero attached hydrogens (tertiary/aromatic N) is 2. The number of rotatable bonds is 4. The minimum absolute atomic E-state index is 0. The summed E-state index contributed by atoms with van der Waals surface area (Å²) in [5, 5.41) is 1.26. The Hall–Kier alpha value is -0.730. The number of halogens is 1. The fourth-order valence-electron chi connectivity index (χ4n) is 2.34. The van der Waals surface area contributed by atoms with Crippen molar-refractivity contribution in [3.8, 4) is 0 Å². The molecule has 0 bridgehead atoms. The molecule has 3 rings (SSSR count). The maximum atomic E-state index is 6.00. The molecule has 0 saturated carbocycles. The van der Waals surface area contributed by atoms with Crippen LogP contribution in [-0.4, -0.2) is 38.0 Å². The Bertz CT molecular complexity index is 642. The van der Waals surface area contributed by atoms with Crippen LogP contribution in [0.2, 0.25) is 0 Å². The Morgan fingerprint density at radius 3 is 2.95 bits per heavy atom. The first-order valence-corrected chi connectivity index (χ1v) is 7.74. The van der Waals surface area contributed by atoms with E-state index in [1.165, 1.54) is 5.03 Å². The maximum absolute atomic E-state index is 6.00. The van der Waals surface area contributed by atoms with E-state index in [4.69, 9.17) is 9.15 Å². The lowest BCUT2D eigenvalue weighted by Gasteiger charge is -2.09. The first-order valence-electron chi connectivity index (χ1n) is 6.75. The van der Waals surface area contributed by atoms with E-state index in [1.54, 1.807) is 7.11 Å². The maximum Gasteiger partial charge on any atom is 0.376 e. The molecule has 114 valence electrons. The fraction of sp³-hybridized carbons (Fsp3) is 0.400. The van der Waals surface area contributed by atoms with Crippen LogP contribution in [0.1, 0.15) is 5.89 Å². The summed E-state index contributed by atoms with van der Waals surface area (Å²) in [6, 6.07) is 8.13. The average Bonchev–Trinajstić information content (AvgIpc) is 3.01. The molecule has 1 saturated heterocycles. The van der Waals surface area contributed by atoms with Gasteiger partial charge in [0, 0.05) is 32.5 Å². The number of benzene rings is 1. The molecule has 2 heterocycles. The third kappa shape index (κ3) is 3.54. The van der Waals surface area contributed by atoms with Crippen molar-refractivity contribution in [2.45, 2.75) is 6.54 Å². The molecule has 1 aromatic heterocycles. The van der Waals surface area contributed by atoms with Gasteiger partial charge >= 0.3 is 5.89 Å². The van der Waals surface area contributed by atoms with Gasteiger partial charge in [-0.25, -0.2) is 0 Å². The van der Waals surface area contributed by atoms with E-state index in [0.717, 1.165) is 35.8 Å². The molecule has 21 heavy (non-hydrogen) atoms. The zero-order valence-corrected chi connectivity index (χ0v) is 15.2. The lowest BCUT2D eigenvalue weighted by molar-refractivity contribution is -0.679. The van der Waals surface area contributed by atoms with Gasteiger partial charge in [0.1, 0.15) is 6.61 Å². The van der Waals surface area contributed by atoms with Crippen LogP contribution in [0.25, 0.3) is 17.2 Å². The smallest absolute Gasteiger partial charge is 0.376 e. The molecule has 0 radical (unpaired) electrons. The van der Waals surface area contributed by atoms with Crippen molar-refractivity contribution < 1.29 is 37.7 Å². The van der Waals surface area contributed by atoms with Gasteiger partial charge in [-0.05, 0) is 6.07 Å². The third-order valence-electron chi connectivity index (χ3n) is 3.46. The van der Waals surface area contributed by atoms with Gasteiger partial charge in [-0.15, -0.1) is 11.8 Å². The van der Waals surface area contributed by atoms with Crippen LogP contribution in [0.4, 0.5) is 0 Å². The SMILES string of the molecule is COCC[n+]1c(/C=C2\SCCN2C)oc2ccccc21.[I-]. The number of hydrogen-bond donors (Lipinski definition) is 0. The minimum atomic E-state index is 0. The number of methoxy groups -OCH3 is 1. The zero-order chi connectivity index (χ0) is 13.9. The highest BCUT2D eigenvalue weighted by atomic mass is 127. The summed E-state index contributed by atoms with van der Waals surface area (Å²) < 4.78 is 13.4. The largest absolute Gasteiger partial charge is 1.00 e. The van der Waals surface area contributed by atoms with Gasteiger partial charge in [-0.1, -0.05) is 12.1 Å². The highest BCUT2D eigenvalue weighted by Crippen LogP contribution is 2.28. The average molecular weight is 418 g/mol. The molecule has 1 fully saturated rings. The van der Waals surface area contributed by atoms with Crippen molar-refractivity contribution in [1.29, 1.82) is 0 Å². The molecular weight excluding hydrogens is 399 g/mol. The van der Waals surface area contributed by atoms with Gasteiger partial charge in [0.15, 0.2) is 6.54 Å². The van der Waals surface area contributed by atoms with Crippen molar-refractivity contribution in [1.82, 2.24) is 4.90 Å². The quantitative estimate of drug-likeness (QED) is 0.488. The van der Waals surface area contributed by atoms with Gasteiger partial charge < -0.3 is 38.0 Å². The number of fused-ring (bicyclic) bond motifs is 1. The number of thioether (sulfide) groups is 1. The normalized spacial score (nSPS) is 16.7. The van der Waals surface area contributed by atoms with Crippen LogP contribution in [0.15, 0.2) is 33.7 Å². The summed E-state index contributed by atoms with van der Waals surface area (Å²) in [7, 11) is 3.84. The summed E-state index contributed by atoms with van der Waals surface area (Å²) in [4.78, 5) is 2.26. The Labute approximate surface area is 146 Å². The summed E-state index contributed by atoms with van der Waals surface area (Å²) >= 11 is 1.87. The molecule has 0 aliphatic carbocycles. The second-order valence-electron chi connectivity index (χ2n) is 4.81. The monoisotopic (exact) mass is 418 g/mol. The number of hydrogen-bond acceptors (Lipinski definition) is 4. The van der Waals surface area contributed by atoms with Crippen molar-refractivity contribution in [2.75, 3.05) is 33.1 Å². The van der Waals surface area contributed by atoms with Crippen molar-refractivity contribution in [3.63, 3.8) is 0 Å². The number of para-hydroxylation sites is 2. The predicted molar refractivity (Wildman–Crippen MR) is 81.4 cm³/mol. The minimum Gasteiger partial charge on any atom is -1.00 e. The van der Waals surface area contributed by atoms with Crippen LogP contribution in [0.3, 0.4) is 0 Å². The predicted octanol–water partition coefficient (Wildman–Crippen LogP) is -0.652. The van der Waals surface area contributed by atoms with E-state index in [0.29, 0.717) is 6.61 Å². The highest BCUT2D eigenvalue weighted by molar-refractivity contribution is 8.03. The van der Waals surface area contributed by atoms with E-state index in [9.17, 15) is 0 Å². The standard InChI is InChI=1S/C15H19N2O2S.HI/c1-16-8-10-20-15(16)11-14-17(7-9-18-2)12-5-3-4-6-13(12)19-14;/h3-6,11H,7-10H2,1-2H3;1H/q+1;/p-1. The first kappa shape index (κ1) is 16.6. The van der Waals surface area contributed by atoms with Gasteiger partial charge in [-0.2, -0.15) is 4.57 Å². The van der Waals surface area contributed by atoms with E-state index < -0.39 is 0 Å². The van der Waals surface area contributed by atoms with E-state index in [-0.39, 0.29) is 24.0 Å². The lowest BCUT2D eigenvalue weighted by atomic mass is 10.3. The molecule has 4 nitrogen and oxygen atoms in total. The molecule has 2 aromatic rings. The van der Waals surface area contributed by atoms with Crippen LogP contribution in [0.5, 0.6) is 0 Å². The number of oxazole rings is 1. The third-order valence-corrected chi connectivity index (χ3v) is 4.57. The lowest BCUT2D eigenvalue weighted by Crippen LogP contribution is -3.00.